The average molecular weight is 266 g/mol. The molecule has 15 heavy (non-hydrogen) atoms. The van der Waals surface area contributed by atoms with Crippen molar-refractivity contribution in [1.82, 2.24) is 4.57 Å². The number of pyridine rings is 1. The number of hydrogen-bond donors (Lipinski definition) is 0. The summed E-state index contributed by atoms with van der Waals surface area (Å²) in [5.41, 5.74) is 0.106. The van der Waals surface area contributed by atoms with Gasteiger partial charge in [0.2, 0.25) is 0 Å². The first kappa shape index (κ1) is 10.4. The maximum Gasteiger partial charge on any atom is 0.258 e. The molecule has 3 heteroatoms. The number of rotatable bonds is 3. The van der Waals surface area contributed by atoms with E-state index >= 15 is 0 Å². The highest BCUT2D eigenvalue weighted by Crippen LogP contribution is 2.08. The molecule has 2 nitrogen and oxygen atoms in total. The molecule has 0 unspecified atom stereocenters. The number of aryl methyl sites for hydroxylation is 1. The van der Waals surface area contributed by atoms with Gasteiger partial charge in [0, 0.05) is 23.5 Å². The van der Waals surface area contributed by atoms with E-state index in [9.17, 15) is 4.79 Å². The van der Waals surface area contributed by atoms with Gasteiger partial charge in [-0.2, -0.15) is 0 Å². The zero-order chi connectivity index (χ0) is 10.7. The molecule has 0 aliphatic carbocycles. The Morgan fingerprint density at radius 3 is 2.80 bits per heavy atom. The van der Waals surface area contributed by atoms with Gasteiger partial charge in [0.1, 0.15) is 0 Å². The molecule has 0 amide bonds. The van der Waals surface area contributed by atoms with E-state index in [1.165, 1.54) is 0 Å². The van der Waals surface area contributed by atoms with Crippen LogP contribution >= 0.6 is 15.9 Å². The Kier molecular flexibility index (Phi) is 3.21. The van der Waals surface area contributed by atoms with Crippen LogP contribution < -0.4 is 5.56 Å². The summed E-state index contributed by atoms with van der Waals surface area (Å²) >= 11 is 3.37. The van der Waals surface area contributed by atoms with Gasteiger partial charge in [-0.15, -0.1) is 0 Å². The van der Waals surface area contributed by atoms with Crippen molar-refractivity contribution < 1.29 is 0 Å². The zero-order valence-corrected chi connectivity index (χ0v) is 9.90. The number of benzene rings is 1. The molecule has 0 bridgehead atoms. The fourth-order valence-corrected chi connectivity index (χ4v) is 1.89. The number of halogens is 1. The maximum absolute atomic E-state index is 12.0. The maximum atomic E-state index is 12.0. The van der Waals surface area contributed by atoms with Gasteiger partial charge in [-0.3, -0.25) is 4.79 Å². The van der Waals surface area contributed by atoms with Crippen LogP contribution in [-0.2, 0) is 6.54 Å². The third-order valence-electron chi connectivity index (χ3n) is 2.42. The fraction of sp³-hybridized carbons (Fsp3) is 0.250. The Bertz CT molecular complexity index is 518. The summed E-state index contributed by atoms with van der Waals surface area (Å²) in [6, 6.07) is 9.68. The van der Waals surface area contributed by atoms with Gasteiger partial charge >= 0.3 is 0 Å². The molecule has 0 N–H and O–H groups in total. The minimum Gasteiger partial charge on any atom is -0.315 e. The van der Waals surface area contributed by atoms with Gasteiger partial charge < -0.3 is 4.57 Å². The summed E-state index contributed by atoms with van der Waals surface area (Å²) in [6.07, 6.45) is 2.84. The third-order valence-corrected chi connectivity index (χ3v) is 2.98. The summed E-state index contributed by atoms with van der Waals surface area (Å²) in [7, 11) is 0. The van der Waals surface area contributed by atoms with Crippen molar-refractivity contribution in [2.45, 2.75) is 13.0 Å². The molecule has 0 saturated heterocycles. The summed E-state index contributed by atoms with van der Waals surface area (Å²) in [6.45, 7) is 0.773. The molecule has 1 aromatic carbocycles. The first-order valence-electron chi connectivity index (χ1n) is 4.97. The lowest BCUT2D eigenvalue weighted by Gasteiger charge is -2.05. The highest BCUT2D eigenvalue weighted by Gasteiger charge is 2.00. The van der Waals surface area contributed by atoms with Crippen molar-refractivity contribution in [3.05, 3.63) is 46.9 Å². The minimum atomic E-state index is 0.106. The monoisotopic (exact) mass is 265 g/mol. The number of alkyl halides is 1. The molecule has 0 saturated carbocycles. The Morgan fingerprint density at radius 1 is 1.20 bits per heavy atom. The lowest BCUT2D eigenvalue weighted by atomic mass is 10.2. The third kappa shape index (κ3) is 2.12. The summed E-state index contributed by atoms with van der Waals surface area (Å²) in [5, 5.41) is 2.74. The van der Waals surface area contributed by atoms with E-state index in [1.807, 2.05) is 36.5 Å². The molecule has 78 valence electrons. The van der Waals surface area contributed by atoms with Crippen LogP contribution in [0.1, 0.15) is 6.42 Å². The molecule has 2 rings (SSSR count). The van der Waals surface area contributed by atoms with Crippen molar-refractivity contribution >= 4 is 26.7 Å². The molecular weight excluding hydrogens is 254 g/mol. The van der Waals surface area contributed by atoms with E-state index in [0.29, 0.717) is 0 Å². The number of aromatic nitrogens is 1. The van der Waals surface area contributed by atoms with Crippen LogP contribution in [-0.4, -0.2) is 9.90 Å². The van der Waals surface area contributed by atoms with Crippen LogP contribution in [0.4, 0.5) is 0 Å². The lowest BCUT2D eigenvalue weighted by molar-refractivity contribution is 0.666. The highest BCUT2D eigenvalue weighted by molar-refractivity contribution is 9.09. The predicted octanol–water partition coefficient (Wildman–Crippen LogP) is 2.79. The first-order chi connectivity index (χ1) is 7.33. The van der Waals surface area contributed by atoms with Gasteiger partial charge in [0.25, 0.3) is 5.56 Å². The Labute approximate surface area is 96.7 Å². The topological polar surface area (TPSA) is 22.0 Å². The van der Waals surface area contributed by atoms with Crippen LogP contribution in [0.25, 0.3) is 10.8 Å². The van der Waals surface area contributed by atoms with E-state index in [4.69, 9.17) is 0 Å². The van der Waals surface area contributed by atoms with Gasteiger partial charge in [0.15, 0.2) is 0 Å². The quantitative estimate of drug-likeness (QED) is 0.783. The SMILES string of the molecule is O=c1c2ccccc2ccn1CCCBr. The van der Waals surface area contributed by atoms with E-state index in [-0.39, 0.29) is 5.56 Å². The first-order valence-corrected chi connectivity index (χ1v) is 6.09. The molecule has 0 spiro atoms. The molecule has 0 aliphatic heterocycles. The number of hydrogen-bond acceptors (Lipinski definition) is 1. The molecular formula is C12H12BrNO. The second kappa shape index (κ2) is 4.62. The van der Waals surface area contributed by atoms with Crippen LogP contribution in [0.3, 0.4) is 0 Å². The van der Waals surface area contributed by atoms with E-state index < -0.39 is 0 Å². The van der Waals surface area contributed by atoms with Crippen LogP contribution in [0.2, 0.25) is 0 Å². The van der Waals surface area contributed by atoms with Gasteiger partial charge in [-0.05, 0) is 23.9 Å². The molecule has 0 aliphatic rings. The van der Waals surface area contributed by atoms with Crippen molar-refractivity contribution in [1.29, 1.82) is 0 Å². The lowest BCUT2D eigenvalue weighted by Crippen LogP contribution is -2.19. The van der Waals surface area contributed by atoms with Gasteiger partial charge in [-0.25, -0.2) is 0 Å². The standard InChI is InChI=1S/C12H12BrNO/c13-7-3-8-14-9-6-10-4-1-2-5-11(10)12(14)15/h1-2,4-6,9H,3,7-8H2. The molecule has 0 fully saturated rings. The fourth-order valence-electron chi connectivity index (χ4n) is 1.64. The number of fused-ring (bicyclic) bond motifs is 1. The summed E-state index contributed by atoms with van der Waals surface area (Å²) in [5.74, 6) is 0. The van der Waals surface area contributed by atoms with Crippen molar-refractivity contribution in [2.75, 3.05) is 5.33 Å². The molecule has 1 heterocycles. The second-order valence-corrected chi connectivity index (χ2v) is 4.24. The average Bonchev–Trinajstić information content (AvgIpc) is 2.29. The predicted molar refractivity (Wildman–Crippen MR) is 66.6 cm³/mol. The van der Waals surface area contributed by atoms with Gasteiger partial charge in [-0.1, -0.05) is 34.1 Å². The Morgan fingerprint density at radius 2 is 2.00 bits per heavy atom. The van der Waals surface area contributed by atoms with Gasteiger partial charge in [0.05, 0.1) is 0 Å². The summed E-state index contributed by atoms with van der Waals surface area (Å²) in [4.78, 5) is 12.0. The Hall–Kier alpha value is -1.09. The highest BCUT2D eigenvalue weighted by atomic mass is 79.9. The van der Waals surface area contributed by atoms with Crippen LogP contribution in [0.15, 0.2) is 41.3 Å². The van der Waals surface area contributed by atoms with Crippen LogP contribution in [0, 0.1) is 0 Å². The van der Waals surface area contributed by atoms with E-state index in [1.54, 1.807) is 4.57 Å². The molecule has 0 atom stereocenters. The Balaban J connectivity index is 2.51. The normalized spacial score (nSPS) is 10.7. The van der Waals surface area contributed by atoms with Crippen molar-refractivity contribution in [3.63, 3.8) is 0 Å². The van der Waals surface area contributed by atoms with E-state index in [2.05, 4.69) is 15.9 Å². The number of nitrogens with zero attached hydrogens (tertiary/aromatic N) is 1. The zero-order valence-electron chi connectivity index (χ0n) is 8.32. The molecule has 0 radical (unpaired) electrons. The van der Waals surface area contributed by atoms with Crippen molar-refractivity contribution in [3.8, 4) is 0 Å². The second-order valence-electron chi connectivity index (χ2n) is 3.44. The summed E-state index contributed by atoms with van der Waals surface area (Å²) < 4.78 is 1.77. The largest absolute Gasteiger partial charge is 0.315 e. The molecule has 2 aromatic rings. The van der Waals surface area contributed by atoms with Crippen LogP contribution in [0.5, 0.6) is 0 Å². The minimum absolute atomic E-state index is 0.106. The van der Waals surface area contributed by atoms with Crippen molar-refractivity contribution in [2.24, 2.45) is 0 Å². The smallest absolute Gasteiger partial charge is 0.258 e. The molecule has 1 aromatic heterocycles. The van der Waals surface area contributed by atoms with E-state index in [0.717, 1.165) is 29.1 Å².